The van der Waals surface area contributed by atoms with Crippen molar-refractivity contribution in [2.75, 3.05) is 24.1 Å². The fourth-order valence-corrected chi connectivity index (χ4v) is 1.52. The Morgan fingerprint density at radius 3 is 3.09 bits per heavy atom. The number of nitrogens with zero attached hydrogens (tertiary/aromatic N) is 1. The summed E-state index contributed by atoms with van der Waals surface area (Å²) in [4.78, 5) is 11.9. The number of rotatable bonds is 1. The Morgan fingerprint density at radius 2 is 2.55 bits per heavy atom. The maximum absolute atomic E-state index is 10.5. The van der Waals surface area contributed by atoms with Gasteiger partial charge in [0.05, 0.1) is 19.3 Å². The molecule has 1 N–H and O–H groups in total. The smallest absolute Gasteiger partial charge is 0.407 e. The minimum atomic E-state index is -0.844. The van der Waals surface area contributed by atoms with Gasteiger partial charge in [0.15, 0.2) is 0 Å². The fourth-order valence-electron chi connectivity index (χ4n) is 0.986. The van der Waals surface area contributed by atoms with Gasteiger partial charge in [0.2, 0.25) is 0 Å². The van der Waals surface area contributed by atoms with E-state index >= 15 is 0 Å². The van der Waals surface area contributed by atoms with Gasteiger partial charge in [-0.15, -0.1) is 0 Å². The molecule has 1 fully saturated rings. The Balaban J connectivity index is 2.39. The first kappa shape index (κ1) is 9.05. The lowest BCUT2D eigenvalue weighted by Crippen LogP contribution is -2.45. The van der Waals surface area contributed by atoms with Crippen molar-refractivity contribution in [1.29, 1.82) is 0 Å². The van der Waals surface area contributed by atoms with E-state index < -0.39 is 6.09 Å². The van der Waals surface area contributed by atoms with Crippen molar-refractivity contribution < 1.29 is 14.6 Å². The summed E-state index contributed by atoms with van der Waals surface area (Å²) >= 11 is 2.20. The zero-order valence-corrected chi connectivity index (χ0v) is 8.15. The fraction of sp³-hybridized carbons (Fsp3) is 0.833. The molecule has 0 saturated carbocycles. The minimum Gasteiger partial charge on any atom is -0.465 e. The van der Waals surface area contributed by atoms with Crippen molar-refractivity contribution in [2.45, 2.75) is 6.10 Å². The van der Waals surface area contributed by atoms with Crippen molar-refractivity contribution >= 4 is 28.7 Å². The van der Waals surface area contributed by atoms with Crippen molar-refractivity contribution in [3.05, 3.63) is 0 Å². The Morgan fingerprint density at radius 1 is 1.82 bits per heavy atom. The van der Waals surface area contributed by atoms with Gasteiger partial charge in [-0.1, -0.05) is 22.6 Å². The van der Waals surface area contributed by atoms with Crippen molar-refractivity contribution in [2.24, 2.45) is 0 Å². The van der Waals surface area contributed by atoms with Crippen LogP contribution in [0.25, 0.3) is 0 Å². The first-order valence-corrected chi connectivity index (χ1v) is 4.92. The molecule has 0 aliphatic carbocycles. The van der Waals surface area contributed by atoms with Gasteiger partial charge in [0.1, 0.15) is 0 Å². The van der Waals surface area contributed by atoms with Crippen LogP contribution in [-0.2, 0) is 4.74 Å². The Hall–Kier alpha value is -0.0400. The second-order valence-electron chi connectivity index (χ2n) is 2.38. The largest absolute Gasteiger partial charge is 0.465 e. The van der Waals surface area contributed by atoms with Gasteiger partial charge in [-0.05, 0) is 0 Å². The minimum absolute atomic E-state index is 0.0837. The highest BCUT2D eigenvalue weighted by Gasteiger charge is 2.22. The molecule has 0 aromatic heterocycles. The summed E-state index contributed by atoms with van der Waals surface area (Å²) in [5, 5.41) is 8.62. The molecule has 1 heterocycles. The molecule has 0 aromatic rings. The molecule has 0 bridgehead atoms. The third kappa shape index (κ3) is 2.48. The van der Waals surface area contributed by atoms with E-state index in [0.717, 1.165) is 4.43 Å². The summed E-state index contributed by atoms with van der Waals surface area (Å²) in [6.45, 7) is 1.54. The number of carboxylic acid groups (broad SMARTS) is 1. The van der Waals surface area contributed by atoms with Crippen LogP contribution in [0.5, 0.6) is 0 Å². The van der Waals surface area contributed by atoms with Crippen LogP contribution in [0.1, 0.15) is 0 Å². The maximum Gasteiger partial charge on any atom is 0.407 e. The summed E-state index contributed by atoms with van der Waals surface area (Å²) < 4.78 is 6.14. The maximum atomic E-state index is 10.5. The molecular weight excluding hydrogens is 261 g/mol. The topological polar surface area (TPSA) is 49.8 Å². The van der Waals surface area contributed by atoms with E-state index in [-0.39, 0.29) is 6.10 Å². The van der Waals surface area contributed by atoms with Gasteiger partial charge in [-0.3, -0.25) is 0 Å². The van der Waals surface area contributed by atoms with Gasteiger partial charge >= 0.3 is 6.09 Å². The van der Waals surface area contributed by atoms with Gasteiger partial charge in [0, 0.05) is 11.0 Å². The summed E-state index contributed by atoms with van der Waals surface area (Å²) in [5.41, 5.74) is 0. The van der Waals surface area contributed by atoms with Gasteiger partial charge in [-0.2, -0.15) is 0 Å². The molecule has 0 radical (unpaired) electrons. The van der Waals surface area contributed by atoms with Crippen LogP contribution >= 0.6 is 22.6 Å². The number of morpholine rings is 1. The molecule has 1 amide bonds. The van der Waals surface area contributed by atoms with Crippen LogP contribution in [0, 0.1) is 0 Å². The van der Waals surface area contributed by atoms with E-state index in [9.17, 15) is 4.79 Å². The van der Waals surface area contributed by atoms with E-state index in [2.05, 4.69) is 22.6 Å². The summed E-state index contributed by atoms with van der Waals surface area (Å²) in [6.07, 6.45) is -0.761. The molecule has 1 aliphatic rings. The van der Waals surface area contributed by atoms with Crippen LogP contribution in [0.4, 0.5) is 4.79 Å². The average molecular weight is 271 g/mol. The monoisotopic (exact) mass is 271 g/mol. The lowest BCUT2D eigenvalue weighted by atomic mass is 10.3. The molecule has 11 heavy (non-hydrogen) atoms. The molecule has 5 heteroatoms. The van der Waals surface area contributed by atoms with Crippen LogP contribution in [0.3, 0.4) is 0 Å². The SMILES string of the molecule is O=C(O)N1CCO[C@H](CI)C1. The zero-order valence-electron chi connectivity index (χ0n) is 5.99. The lowest BCUT2D eigenvalue weighted by Gasteiger charge is -2.29. The number of hydrogen-bond donors (Lipinski definition) is 1. The van der Waals surface area contributed by atoms with E-state index in [1.165, 1.54) is 4.90 Å². The van der Waals surface area contributed by atoms with Crippen molar-refractivity contribution in [3.63, 3.8) is 0 Å². The highest BCUT2D eigenvalue weighted by atomic mass is 127. The van der Waals surface area contributed by atoms with Crippen LogP contribution in [0.15, 0.2) is 0 Å². The number of hydrogen-bond acceptors (Lipinski definition) is 2. The molecule has 0 aromatic carbocycles. The first-order valence-electron chi connectivity index (χ1n) is 3.39. The highest BCUT2D eigenvalue weighted by molar-refractivity contribution is 14.1. The Bertz CT molecular complexity index is 153. The van der Waals surface area contributed by atoms with Crippen LogP contribution < -0.4 is 0 Å². The molecule has 1 rings (SSSR count). The molecule has 4 nitrogen and oxygen atoms in total. The predicted octanol–water partition coefficient (Wildman–Crippen LogP) is 0.800. The molecule has 1 saturated heterocycles. The summed E-state index contributed by atoms with van der Waals surface area (Å²) in [7, 11) is 0. The Kier molecular flexibility index (Phi) is 3.38. The molecule has 1 aliphatic heterocycles. The molecule has 0 spiro atoms. The number of alkyl halides is 1. The van der Waals surface area contributed by atoms with Gasteiger partial charge in [0.25, 0.3) is 0 Å². The van der Waals surface area contributed by atoms with E-state index in [1.54, 1.807) is 0 Å². The Labute approximate surface area is 78.6 Å². The second-order valence-corrected chi connectivity index (χ2v) is 3.26. The molecule has 0 unspecified atom stereocenters. The van der Waals surface area contributed by atoms with Gasteiger partial charge < -0.3 is 14.7 Å². The standard InChI is InChI=1S/C6H10INO3/c7-3-5-4-8(6(9)10)1-2-11-5/h5H,1-4H2,(H,9,10)/t5-/m1/s1. The average Bonchev–Trinajstić information content (AvgIpc) is 2.05. The van der Waals surface area contributed by atoms with E-state index in [1.807, 2.05) is 0 Å². The lowest BCUT2D eigenvalue weighted by molar-refractivity contribution is -0.00819. The highest BCUT2D eigenvalue weighted by Crippen LogP contribution is 2.07. The number of halogens is 1. The van der Waals surface area contributed by atoms with Crippen LogP contribution in [-0.4, -0.2) is 46.3 Å². The summed E-state index contributed by atoms with van der Waals surface area (Å²) in [5.74, 6) is 0. The third-order valence-corrected chi connectivity index (χ3v) is 2.56. The predicted molar refractivity (Wildman–Crippen MR) is 48.2 cm³/mol. The first-order chi connectivity index (χ1) is 5.24. The van der Waals surface area contributed by atoms with Gasteiger partial charge in [-0.25, -0.2) is 4.79 Å². The molecule has 1 atom stereocenters. The second kappa shape index (κ2) is 4.10. The normalized spacial score (nSPS) is 25.2. The number of carbonyl (C=O) groups is 1. The molecule has 64 valence electrons. The third-order valence-electron chi connectivity index (χ3n) is 1.58. The number of ether oxygens (including phenoxy) is 1. The van der Waals surface area contributed by atoms with Crippen molar-refractivity contribution in [3.8, 4) is 0 Å². The van der Waals surface area contributed by atoms with Crippen molar-refractivity contribution in [1.82, 2.24) is 4.90 Å². The summed E-state index contributed by atoms with van der Waals surface area (Å²) in [6, 6.07) is 0. The molecular formula is C6H10INO3. The quantitative estimate of drug-likeness (QED) is 0.567. The van der Waals surface area contributed by atoms with E-state index in [0.29, 0.717) is 19.7 Å². The number of amides is 1. The van der Waals surface area contributed by atoms with E-state index in [4.69, 9.17) is 9.84 Å². The van der Waals surface area contributed by atoms with Crippen LogP contribution in [0.2, 0.25) is 0 Å². The zero-order chi connectivity index (χ0) is 8.27.